The molecule has 136 valence electrons. The number of para-hydroxylation sites is 1. The first-order chi connectivity index (χ1) is 12.4. The Kier molecular flexibility index (Phi) is 5.06. The van der Waals surface area contributed by atoms with Crippen LogP contribution in [-0.2, 0) is 12.7 Å². The average molecular weight is 363 g/mol. The van der Waals surface area contributed by atoms with Crippen molar-refractivity contribution in [3.8, 4) is 0 Å². The van der Waals surface area contributed by atoms with Gasteiger partial charge in [0.2, 0.25) is 5.82 Å². The summed E-state index contributed by atoms with van der Waals surface area (Å²) in [5.74, 6) is -0.986. The van der Waals surface area contributed by atoms with Crippen LogP contribution in [0.25, 0.3) is 11.2 Å². The minimum Gasteiger partial charge on any atom is -0.338 e. The number of nitrogens with zero attached hydrogens (tertiary/aromatic N) is 3. The smallest absolute Gasteiger partial charge is 0.338 e. The molecule has 0 spiro atoms. The van der Waals surface area contributed by atoms with E-state index in [1.54, 1.807) is 24.3 Å². The molecule has 2 aromatic heterocycles. The van der Waals surface area contributed by atoms with Crippen molar-refractivity contribution < 1.29 is 18.0 Å². The highest BCUT2D eigenvalue weighted by Gasteiger charge is 2.37. The van der Waals surface area contributed by atoms with Gasteiger partial charge in [-0.2, -0.15) is 13.2 Å². The number of pyridine rings is 1. The number of amides is 2. The summed E-state index contributed by atoms with van der Waals surface area (Å²) in [6.07, 6.45) is -2.85. The Labute approximate surface area is 147 Å². The summed E-state index contributed by atoms with van der Waals surface area (Å²) in [4.78, 5) is 19.4. The van der Waals surface area contributed by atoms with Crippen LogP contribution in [0.3, 0.4) is 0 Å². The maximum atomic E-state index is 13.2. The largest absolute Gasteiger partial charge is 0.449 e. The number of rotatable bonds is 5. The monoisotopic (exact) mass is 363 g/mol. The number of halogens is 3. The van der Waals surface area contributed by atoms with Gasteiger partial charge in [0.25, 0.3) is 0 Å². The fourth-order valence-electron chi connectivity index (χ4n) is 2.52. The summed E-state index contributed by atoms with van der Waals surface area (Å²) in [6.45, 7) is 0.246. The van der Waals surface area contributed by atoms with Crippen LogP contribution in [0, 0.1) is 0 Å². The van der Waals surface area contributed by atoms with Gasteiger partial charge >= 0.3 is 12.2 Å². The number of carbonyl (C=O) groups excluding carboxylic acids is 1. The maximum Gasteiger partial charge on any atom is 0.449 e. The van der Waals surface area contributed by atoms with E-state index in [1.165, 1.54) is 18.3 Å². The van der Waals surface area contributed by atoms with E-state index in [0.717, 1.165) is 4.57 Å². The lowest BCUT2D eigenvalue weighted by molar-refractivity contribution is -0.147. The van der Waals surface area contributed by atoms with Gasteiger partial charge < -0.3 is 15.2 Å². The van der Waals surface area contributed by atoms with Crippen LogP contribution in [0.1, 0.15) is 12.2 Å². The van der Waals surface area contributed by atoms with Gasteiger partial charge in [-0.15, -0.1) is 0 Å². The molecule has 0 fully saturated rings. The topological polar surface area (TPSA) is 71.8 Å². The Hall–Kier alpha value is -3.10. The number of nitrogens with one attached hydrogen (secondary N) is 2. The lowest BCUT2D eigenvalue weighted by Crippen LogP contribution is -2.30. The standard InChI is InChI=1S/C17H16F3N5O/c18-17(19,20)15-24-13-8-4-9-21-14(13)25(15)11-5-10-22-16(26)23-12-6-2-1-3-7-12/h1-4,6-9H,5,10-11H2,(H2,22,23,26). The van der Waals surface area contributed by atoms with Crippen molar-refractivity contribution in [3.05, 3.63) is 54.5 Å². The number of carbonyl (C=O) groups is 1. The molecule has 0 bridgehead atoms. The summed E-state index contributed by atoms with van der Waals surface area (Å²) >= 11 is 0. The first-order valence-corrected chi connectivity index (χ1v) is 7.93. The van der Waals surface area contributed by atoms with Crippen molar-refractivity contribution in [2.75, 3.05) is 11.9 Å². The summed E-state index contributed by atoms with van der Waals surface area (Å²) in [7, 11) is 0. The number of imidazole rings is 1. The van der Waals surface area contributed by atoms with E-state index in [-0.39, 0.29) is 24.3 Å². The number of aromatic nitrogens is 3. The molecule has 9 heteroatoms. The normalized spacial score (nSPS) is 11.5. The highest BCUT2D eigenvalue weighted by molar-refractivity contribution is 5.89. The molecule has 0 unspecified atom stereocenters. The van der Waals surface area contributed by atoms with Crippen LogP contribution >= 0.6 is 0 Å². The molecule has 0 aliphatic heterocycles. The molecule has 0 aliphatic carbocycles. The summed E-state index contributed by atoms with van der Waals surface area (Å²) in [6, 6.07) is 11.5. The molecule has 0 radical (unpaired) electrons. The maximum absolute atomic E-state index is 13.2. The third kappa shape index (κ3) is 4.11. The third-order valence-corrected chi connectivity index (χ3v) is 3.63. The summed E-state index contributed by atoms with van der Waals surface area (Å²) < 4.78 is 40.6. The molecule has 2 amide bonds. The SMILES string of the molecule is O=C(NCCCn1c(C(F)(F)F)nc2cccnc21)Nc1ccccc1. The van der Waals surface area contributed by atoms with E-state index < -0.39 is 18.0 Å². The number of benzene rings is 1. The van der Waals surface area contributed by atoms with Crippen molar-refractivity contribution in [1.29, 1.82) is 0 Å². The lowest BCUT2D eigenvalue weighted by atomic mass is 10.3. The predicted octanol–water partition coefficient (Wildman–Crippen LogP) is 3.66. The molecule has 3 aromatic rings. The molecular formula is C17H16F3N5O. The van der Waals surface area contributed by atoms with Crippen LogP contribution in [-0.4, -0.2) is 27.1 Å². The van der Waals surface area contributed by atoms with E-state index in [4.69, 9.17) is 0 Å². The fourth-order valence-corrected chi connectivity index (χ4v) is 2.52. The third-order valence-electron chi connectivity index (χ3n) is 3.63. The summed E-state index contributed by atoms with van der Waals surface area (Å²) in [5, 5.41) is 5.25. The second-order valence-electron chi connectivity index (χ2n) is 5.53. The molecule has 3 rings (SSSR count). The molecule has 0 saturated heterocycles. The van der Waals surface area contributed by atoms with Gasteiger partial charge in [-0.3, -0.25) is 0 Å². The van der Waals surface area contributed by atoms with Gasteiger partial charge in [0.05, 0.1) is 0 Å². The van der Waals surface area contributed by atoms with Crippen LogP contribution in [0.2, 0.25) is 0 Å². The zero-order chi connectivity index (χ0) is 18.6. The van der Waals surface area contributed by atoms with Crippen molar-refractivity contribution in [1.82, 2.24) is 19.9 Å². The number of fused-ring (bicyclic) bond motifs is 1. The summed E-state index contributed by atoms with van der Waals surface area (Å²) in [5.41, 5.74) is 0.998. The molecule has 26 heavy (non-hydrogen) atoms. The van der Waals surface area contributed by atoms with E-state index in [2.05, 4.69) is 20.6 Å². The highest BCUT2D eigenvalue weighted by Crippen LogP contribution is 2.30. The van der Waals surface area contributed by atoms with Crippen LogP contribution in [0.5, 0.6) is 0 Å². The van der Waals surface area contributed by atoms with E-state index in [1.807, 2.05) is 6.07 Å². The van der Waals surface area contributed by atoms with E-state index >= 15 is 0 Å². The Morgan fingerprint density at radius 1 is 1.12 bits per heavy atom. The zero-order valence-corrected chi connectivity index (χ0v) is 13.6. The van der Waals surface area contributed by atoms with Gasteiger partial charge in [-0.25, -0.2) is 14.8 Å². The Bertz CT molecular complexity index is 892. The van der Waals surface area contributed by atoms with Crippen molar-refractivity contribution in [3.63, 3.8) is 0 Å². The van der Waals surface area contributed by atoms with Crippen molar-refractivity contribution >= 4 is 22.9 Å². The first-order valence-electron chi connectivity index (χ1n) is 7.93. The molecule has 2 N–H and O–H groups in total. The number of urea groups is 1. The number of anilines is 1. The molecule has 0 atom stereocenters. The first kappa shape index (κ1) is 17.7. The second kappa shape index (κ2) is 7.42. The molecule has 0 aliphatic rings. The van der Waals surface area contributed by atoms with Crippen LogP contribution in [0.15, 0.2) is 48.7 Å². The molecule has 6 nitrogen and oxygen atoms in total. The Morgan fingerprint density at radius 2 is 1.88 bits per heavy atom. The number of hydrogen-bond acceptors (Lipinski definition) is 3. The number of aryl methyl sites for hydroxylation is 1. The van der Waals surface area contributed by atoms with Gasteiger partial charge in [-0.1, -0.05) is 18.2 Å². The van der Waals surface area contributed by atoms with Crippen molar-refractivity contribution in [2.24, 2.45) is 0 Å². The quantitative estimate of drug-likeness (QED) is 0.680. The molecular weight excluding hydrogens is 347 g/mol. The van der Waals surface area contributed by atoms with Crippen LogP contribution in [0.4, 0.5) is 23.7 Å². The van der Waals surface area contributed by atoms with Crippen LogP contribution < -0.4 is 10.6 Å². The fraction of sp³-hybridized carbons (Fsp3) is 0.235. The molecule has 0 saturated carbocycles. The van der Waals surface area contributed by atoms with Gasteiger partial charge in [0, 0.05) is 25.0 Å². The highest BCUT2D eigenvalue weighted by atomic mass is 19.4. The Balaban J connectivity index is 1.60. The van der Waals surface area contributed by atoms with E-state index in [9.17, 15) is 18.0 Å². The van der Waals surface area contributed by atoms with Gasteiger partial charge in [0.1, 0.15) is 5.52 Å². The lowest BCUT2D eigenvalue weighted by Gasteiger charge is -2.11. The number of hydrogen-bond donors (Lipinski definition) is 2. The molecule has 2 heterocycles. The average Bonchev–Trinajstić information content (AvgIpc) is 2.99. The Morgan fingerprint density at radius 3 is 2.62 bits per heavy atom. The minimum absolute atomic E-state index is 0.0357. The second-order valence-corrected chi connectivity index (χ2v) is 5.53. The predicted molar refractivity (Wildman–Crippen MR) is 90.6 cm³/mol. The number of alkyl halides is 3. The molecule has 1 aromatic carbocycles. The zero-order valence-electron chi connectivity index (χ0n) is 13.6. The van der Waals surface area contributed by atoms with Gasteiger partial charge in [0.15, 0.2) is 5.65 Å². The minimum atomic E-state index is -4.57. The van der Waals surface area contributed by atoms with Gasteiger partial charge in [-0.05, 0) is 30.7 Å². The van der Waals surface area contributed by atoms with E-state index in [0.29, 0.717) is 12.1 Å². The van der Waals surface area contributed by atoms with Crippen molar-refractivity contribution in [2.45, 2.75) is 19.1 Å².